The Labute approximate surface area is 316 Å². The van der Waals surface area contributed by atoms with Gasteiger partial charge in [-0.1, -0.05) is 154 Å². The van der Waals surface area contributed by atoms with Crippen molar-refractivity contribution >= 4 is 28.3 Å². The summed E-state index contributed by atoms with van der Waals surface area (Å²) in [7, 11) is 0. The number of allylic oxidation sites excluding steroid dienone is 1. The monoisotopic (exact) mass is 690 g/mol. The minimum absolute atomic E-state index is 0.0761. The fourth-order valence-electron chi connectivity index (χ4n) is 10.6. The molecular formula is C51H50N2. The summed E-state index contributed by atoms with van der Waals surface area (Å²) < 4.78 is 0. The van der Waals surface area contributed by atoms with Gasteiger partial charge in [0.05, 0.1) is 23.1 Å². The average Bonchev–Trinajstić information content (AvgIpc) is 3.36. The first-order chi connectivity index (χ1) is 25.1. The molecular weight excluding hydrogens is 641 g/mol. The molecule has 0 radical (unpaired) electrons. The van der Waals surface area contributed by atoms with E-state index in [1.54, 1.807) is 0 Å². The van der Waals surface area contributed by atoms with E-state index in [-0.39, 0.29) is 27.7 Å². The number of benzene rings is 5. The Kier molecular flexibility index (Phi) is 6.34. The third-order valence-corrected chi connectivity index (χ3v) is 13.7. The number of anilines is 4. The second kappa shape index (κ2) is 10.3. The summed E-state index contributed by atoms with van der Waals surface area (Å²) in [5.74, 6) is 0. The topological polar surface area (TPSA) is 6.48 Å². The van der Waals surface area contributed by atoms with E-state index in [9.17, 15) is 0 Å². The highest BCUT2D eigenvalue weighted by Crippen LogP contribution is 2.64. The molecule has 3 heterocycles. The molecule has 1 unspecified atom stereocenters. The van der Waals surface area contributed by atoms with Crippen LogP contribution in [0.15, 0.2) is 133 Å². The van der Waals surface area contributed by atoms with Crippen LogP contribution in [0.2, 0.25) is 0 Å². The molecule has 0 spiro atoms. The Bertz CT molecular complexity index is 2510. The molecule has 0 aromatic heterocycles. The lowest BCUT2D eigenvalue weighted by Gasteiger charge is -2.55. The predicted molar refractivity (Wildman–Crippen MR) is 224 cm³/mol. The first kappa shape index (κ1) is 32.6. The number of hydrogen-bond donors (Lipinski definition) is 0. The first-order valence-corrected chi connectivity index (χ1v) is 19.5. The Balaban J connectivity index is 1.20. The third kappa shape index (κ3) is 4.16. The van der Waals surface area contributed by atoms with Crippen LogP contribution < -0.4 is 9.80 Å². The van der Waals surface area contributed by atoms with Crippen LogP contribution in [0, 0.1) is 0 Å². The number of rotatable bonds is 3. The lowest BCUT2D eigenvalue weighted by Crippen LogP contribution is -2.46. The summed E-state index contributed by atoms with van der Waals surface area (Å²) in [6, 6.07) is 39.6. The van der Waals surface area contributed by atoms with Gasteiger partial charge in [-0.2, -0.15) is 0 Å². The molecule has 53 heavy (non-hydrogen) atoms. The fourth-order valence-corrected chi connectivity index (χ4v) is 10.6. The molecule has 2 aliphatic carbocycles. The van der Waals surface area contributed by atoms with Crippen LogP contribution in [-0.2, 0) is 21.7 Å². The minimum atomic E-state index is -0.168. The summed E-state index contributed by atoms with van der Waals surface area (Å²) in [4.78, 5) is 5.28. The van der Waals surface area contributed by atoms with E-state index >= 15 is 0 Å². The van der Waals surface area contributed by atoms with Crippen molar-refractivity contribution in [2.75, 3.05) is 9.80 Å². The van der Waals surface area contributed by atoms with Crippen LogP contribution in [0.1, 0.15) is 108 Å². The van der Waals surface area contributed by atoms with Crippen molar-refractivity contribution in [1.29, 1.82) is 0 Å². The molecule has 5 aliphatic rings. The van der Waals surface area contributed by atoms with Crippen LogP contribution in [0.25, 0.3) is 16.7 Å². The van der Waals surface area contributed by atoms with Gasteiger partial charge in [-0.15, -0.1) is 0 Å². The van der Waals surface area contributed by atoms with Crippen LogP contribution in [-0.4, -0.2) is 6.04 Å². The van der Waals surface area contributed by atoms with Gasteiger partial charge in [0, 0.05) is 38.8 Å². The first-order valence-electron chi connectivity index (χ1n) is 19.5. The summed E-state index contributed by atoms with van der Waals surface area (Å²) in [5, 5.41) is 0. The molecule has 0 bridgehead atoms. The fraction of sp³-hybridized carbons (Fsp3) is 0.294. The highest BCUT2D eigenvalue weighted by Gasteiger charge is 2.51. The molecule has 5 aromatic carbocycles. The molecule has 1 atom stereocenters. The molecule has 0 amide bonds. The quantitative estimate of drug-likeness (QED) is 0.186. The van der Waals surface area contributed by atoms with Crippen LogP contribution in [0.5, 0.6) is 0 Å². The number of fused-ring (bicyclic) bond motifs is 3. The second-order valence-corrected chi connectivity index (χ2v) is 18.7. The maximum atomic E-state index is 4.90. The Morgan fingerprint density at radius 3 is 1.89 bits per heavy atom. The van der Waals surface area contributed by atoms with Gasteiger partial charge in [-0.05, 0) is 91.8 Å². The van der Waals surface area contributed by atoms with E-state index in [1.807, 2.05) is 0 Å². The lowest BCUT2D eigenvalue weighted by atomic mass is 9.61. The van der Waals surface area contributed by atoms with Gasteiger partial charge < -0.3 is 9.80 Å². The van der Waals surface area contributed by atoms with Gasteiger partial charge in [-0.3, -0.25) is 0 Å². The summed E-state index contributed by atoms with van der Waals surface area (Å²) >= 11 is 0. The number of hydrogen-bond acceptors (Lipinski definition) is 2. The highest BCUT2D eigenvalue weighted by molar-refractivity contribution is 6.03. The molecule has 0 fully saturated rings. The number of para-hydroxylation sites is 2. The van der Waals surface area contributed by atoms with Crippen molar-refractivity contribution < 1.29 is 0 Å². The smallest absolute Gasteiger partial charge is 0.0581 e. The molecule has 2 heteroatoms. The van der Waals surface area contributed by atoms with Crippen molar-refractivity contribution in [3.05, 3.63) is 172 Å². The molecule has 3 aliphatic heterocycles. The van der Waals surface area contributed by atoms with Crippen molar-refractivity contribution in [1.82, 2.24) is 0 Å². The van der Waals surface area contributed by atoms with Gasteiger partial charge in [0.15, 0.2) is 0 Å². The molecule has 0 saturated heterocycles. The summed E-state index contributed by atoms with van der Waals surface area (Å²) in [6.07, 6.45) is 3.48. The second-order valence-electron chi connectivity index (χ2n) is 18.7. The highest BCUT2D eigenvalue weighted by atomic mass is 15.2. The van der Waals surface area contributed by atoms with Gasteiger partial charge in [0.1, 0.15) is 0 Å². The van der Waals surface area contributed by atoms with Crippen molar-refractivity contribution in [3.63, 3.8) is 0 Å². The van der Waals surface area contributed by atoms with Crippen molar-refractivity contribution in [3.8, 4) is 11.1 Å². The largest absolute Gasteiger partial charge is 0.334 e. The standard InChI is InChI=1S/C51H50N2/c1-30-35-16-13-18-40-45(35)53-46-38(30)27-34(29-44(46)51(9,10)42-20-14-19-41(47(42)53)50(40,7)8)52(32-23-21-31(22-24-32)48(2,3)4)33-25-26-37-36-15-11-12-17-39(36)49(5,6)43(37)28-33/h11-28,34H,1,29H2,2-10H3. The lowest BCUT2D eigenvalue weighted by molar-refractivity contribution is 0.536. The predicted octanol–water partition coefficient (Wildman–Crippen LogP) is 13.2. The van der Waals surface area contributed by atoms with E-state index < -0.39 is 0 Å². The Hall–Kier alpha value is -5.08. The Morgan fingerprint density at radius 2 is 1.17 bits per heavy atom. The zero-order chi connectivity index (χ0) is 37.0. The Morgan fingerprint density at radius 1 is 0.604 bits per heavy atom. The van der Waals surface area contributed by atoms with E-state index in [0.717, 1.165) is 12.0 Å². The van der Waals surface area contributed by atoms with Crippen LogP contribution >= 0.6 is 0 Å². The van der Waals surface area contributed by atoms with Gasteiger partial charge in [0.2, 0.25) is 0 Å². The van der Waals surface area contributed by atoms with Crippen LogP contribution in [0.4, 0.5) is 22.7 Å². The van der Waals surface area contributed by atoms with Gasteiger partial charge in [-0.25, -0.2) is 0 Å². The van der Waals surface area contributed by atoms with Gasteiger partial charge in [0.25, 0.3) is 0 Å². The zero-order valence-electron chi connectivity index (χ0n) is 32.8. The van der Waals surface area contributed by atoms with E-state index in [2.05, 4.69) is 181 Å². The zero-order valence-corrected chi connectivity index (χ0v) is 32.8. The van der Waals surface area contributed by atoms with Crippen LogP contribution in [0.3, 0.4) is 0 Å². The molecule has 264 valence electrons. The molecule has 10 rings (SSSR count). The summed E-state index contributed by atoms with van der Waals surface area (Å²) in [5.41, 5.74) is 22.5. The van der Waals surface area contributed by atoms with E-state index in [0.29, 0.717) is 0 Å². The summed E-state index contributed by atoms with van der Waals surface area (Å²) in [6.45, 7) is 26.3. The molecule has 5 aromatic rings. The molecule has 0 N–H and O–H groups in total. The third-order valence-electron chi connectivity index (χ3n) is 13.7. The van der Waals surface area contributed by atoms with Crippen molar-refractivity contribution in [2.24, 2.45) is 0 Å². The SMILES string of the molecule is C=C1C2=CC(N(c3ccc(C(C)(C)C)cc3)c3ccc4c(c3)C(C)(C)c3ccccc3-4)CC3=C2N2c4c1cccc4C(C)(C)c1cccc(c12)C3(C)C. The maximum absolute atomic E-state index is 4.90. The maximum Gasteiger partial charge on any atom is 0.0581 e. The molecule has 2 nitrogen and oxygen atoms in total. The van der Waals surface area contributed by atoms with E-state index in [1.165, 1.54) is 89.7 Å². The van der Waals surface area contributed by atoms with E-state index in [4.69, 9.17) is 6.58 Å². The van der Waals surface area contributed by atoms with Crippen molar-refractivity contribution in [2.45, 2.75) is 96.4 Å². The number of nitrogens with zero attached hydrogens (tertiary/aromatic N) is 2. The normalized spacial score (nSPS) is 20.4. The minimum Gasteiger partial charge on any atom is -0.334 e. The van der Waals surface area contributed by atoms with Gasteiger partial charge >= 0.3 is 0 Å². The molecule has 0 saturated carbocycles. The average molecular weight is 691 g/mol.